The quantitative estimate of drug-likeness (QED) is 0.798. The van der Waals surface area contributed by atoms with Crippen molar-refractivity contribution in [3.8, 4) is 0 Å². The Balaban J connectivity index is 2.32. The number of carbonyl (C=O) groups excluding carboxylic acids is 1. The van der Waals surface area contributed by atoms with Gasteiger partial charge in [-0.3, -0.25) is 9.52 Å². The number of rotatable bonds is 6. The number of hydrogen-bond donors (Lipinski definition) is 2. The molecule has 5 nitrogen and oxygen atoms in total. The van der Waals surface area contributed by atoms with Crippen LogP contribution in [0.3, 0.4) is 0 Å². The lowest BCUT2D eigenvalue weighted by Crippen LogP contribution is -2.25. The van der Waals surface area contributed by atoms with Crippen molar-refractivity contribution in [2.45, 2.75) is 32.1 Å². The molecule has 0 bridgehead atoms. The maximum Gasteiger partial charge on any atom is 0.261 e. The zero-order valence-electron chi connectivity index (χ0n) is 14.4. The van der Waals surface area contributed by atoms with Crippen molar-refractivity contribution >= 4 is 33.2 Å². The maximum absolute atomic E-state index is 12.6. The fraction of sp³-hybridized carbons (Fsp3) is 0.278. The van der Waals surface area contributed by atoms with E-state index in [9.17, 15) is 13.2 Å². The zero-order valence-corrected chi connectivity index (χ0v) is 16.0. The molecule has 25 heavy (non-hydrogen) atoms. The number of aryl methyl sites for hydroxylation is 2. The van der Waals surface area contributed by atoms with Crippen molar-refractivity contribution in [3.63, 3.8) is 0 Å². The van der Waals surface area contributed by atoms with Gasteiger partial charge in [0.1, 0.15) is 0 Å². The van der Waals surface area contributed by atoms with Crippen LogP contribution in [0.2, 0.25) is 5.02 Å². The van der Waals surface area contributed by atoms with Gasteiger partial charge in [0.2, 0.25) is 0 Å². The van der Waals surface area contributed by atoms with Gasteiger partial charge >= 0.3 is 0 Å². The van der Waals surface area contributed by atoms with E-state index in [4.69, 9.17) is 11.6 Å². The van der Waals surface area contributed by atoms with Gasteiger partial charge < -0.3 is 5.32 Å². The van der Waals surface area contributed by atoms with Crippen molar-refractivity contribution in [2.75, 3.05) is 11.3 Å². The molecule has 0 aliphatic rings. The van der Waals surface area contributed by atoms with Crippen LogP contribution >= 0.6 is 11.6 Å². The molecule has 134 valence electrons. The number of nitrogens with one attached hydrogen (secondary N) is 2. The number of amides is 1. The van der Waals surface area contributed by atoms with Crippen LogP contribution in [0.25, 0.3) is 0 Å². The van der Waals surface area contributed by atoms with Crippen molar-refractivity contribution in [1.82, 2.24) is 5.32 Å². The predicted octanol–water partition coefficient (Wildman–Crippen LogP) is 3.90. The monoisotopic (exact) mass is 380 g/mol. The standard InChI is InChI=1S/C18H21ClN2O3S/c1-4-9-20-18(22)16-11-15(8-6-12(16)2)25(23,24)21-14-7-5-13(3)17(19)10-14/h5-8,10-11,21H,4,9H2,1-3H3,(H,20,22). The fourth-order valence-electron chi connectivity index (χ4n) is 2.22. The Bertz CT molecular complexity index is 895. The van der Waals surface area contributed by atoms with E-state index in [1.165, 1.54) is 12.1 Å². The summed E-state index contributed by atoms with van der Waals surface area (Å²) in [5, 5.41) is 3.24. The molecular weight excluding hydrogens is 360 g/mol. The average molecular weight is 381 g/mol. The molecule has 0 unspecified atom stereocenters. The summed E-state index contributed by atoms with van der Waals surface area (Å²) >= 11 is 6.04. The van der Waals surface area contributed by atoms with E-state index in [1.807, 2.05) is 13.8 Å². The molecule has 0 saturated carbocycles. The Morgan fingerprint density at radius 3 is 2.40 bits per heavy atom. The van der Waals surface area contributed by atoms with Gasteiger partial charge in [-0.05, 0) is 55.7 Å². The third-order valence-corrected chi connectivity index (χ3v) is 5.51. The molecule has 2 N–H and O–H groups in total. The lowest BCUT2D eigenvalue weighted by molar-refractivity contribution is 0.0953. The van der Waals surface area contributed by atoms with Crippen LogP contribution in [0.15, 0.2) is 41.3 Å². The van der Waals surface area contributed by atoms with Gasteiger partial charge in [0.15, 0.2) is 0 Å². The summed E-state index contributed by atoms with van der Waals surface area (Å²) in [5.74, 6) is -0.283. The smallest absolute Gasteiger partial charge is 0.261 e. The topological polar surface area (TPSA) is 75.3 Å². The first-order valence-corrected chi connectivity index (χ1v) is 9.78. The molecule has 0 aromatic heterocycles. The molecule has 0 spiro atoms. The van der Waals surface area contributed by atoms with E-state index in [0.29, 0.717) is 28.4 Å². The van der Waals surface area contributed by atoms with E-state index in [2.05, 4.69) is 10.0 Å². The molecule has 7 heteroatoms. The normalized spacial score (nSPS) is 11.2. The van der Waals surface area contributed by atoms with Gasteiger partial charge in [0.05, 0.1) is 10.6 Å². The molecule has 1 amide bonds. The summed E-state index contributed by atoms with van der Waals surface area (Å²) in [6.45, 7) is 6.09. The van der Waals surface area contributed by atoms with E-state index in [1.54, 1.807) is 31.2 Å². The highest BCUT2D eigenvalue weighted by Gasteiger charge is 2.18. The molecular formula is C18H21ClN2O3S. The third-order valence-electron chi connectivity index (χ3n) is 3.72. The minimum atomic E-state index is -3.82. The van der Waals surface area contributed by atoms with Crippen LogP contribution in [-0.4, -0.2) is 20.9 Å². The summed E-state index contributed by atoms with van der Waals surface area (Å²) < 4.78 is 27.7. The van der Waals surface area contributed by atoms with Gasteiger partial charge in [-0.2, -0.15) is 0 Å². The number of benzene rings is 2. The van der Waals surface area contributed by atoms with Gasteiger partial charge in [0, 0.05) is 17.1 Å². The van der Waals surface area contributed by atoms with Crippen molar-refractivity contribution < 1.29 is 13.2 Å². The Morgan fingerprint density at radius 1 is 1.08 bits per heavy atom. The van der Waals surface area contributed by atoms with Crippen LogP contribution in [0.5, 0.6) is 0 Å². The Morgan fingerprint density at radius 2 is 1.76 bits per heavy atom. The molecule has 0 heterocycles. The van der Waals surface area contributed by atoms with Gasteiger partial charge in [-0.15, -0.1) is 0 Å². The highest BCUT2D eigenvalue weighted by Crippen LogP contribution is 2.23. The van der Waals surface area contributed by atoms with Gasteiger partial charge in [-0.25, -0.2) is 8.42 Å². The lowest BCUT2D eigenvalue weighted by Gasteiger charge is -2.12. The number of halogens is 1. The predicted molar refractivity (Wildman–Crippen MR) is 101 cm³/mol. The van der Waals surface area contributed by atoms with Crippen LogP contribution in [0.1, 0.15) is 34.8 Å². The second-order valence-electron chi connectivity index (χ2n) is 5.80. The van der Waals surface area contributed by atoms with Gasteiger partial charge in [-0.1, -0.05) is 30.7 Å². The van der Waals surface area contributed by atoms with Crippen LogP contribution in [0, 0.1) is 13.8 Å². The van der Waals surface area contributed by atoms with E-state index >= 15 is 0 Å². The summed E-state index contributed by atoms with van der Waals surface area (Å²) in [6, 6.07) is 9.42. The summed E-state index contributed by atoms with van der Waals surface area (Å²) in [4.78, 5) is 12.2. The van der Waals surface area contributed by atoms with Crippen LogP contribution in [0.4, 0.5) is 5.69 Å². The molecule has 2 aromatic rings. The number of carbonyl (C=O) groups is 1. The minimum Gasteiger partial charge on any atom is -0.352 e. The number of hydrogen-bond acceptors (Lipinski definition) is 3. The maximum atomic E-state index is 12.6. The first-order valence-electron chi connectivity index (χ1n) is 7.92. The molecule has 0 fully saturated rings. The van der Waals surface area contributed by atoms with Crippen molar-refractivity contribution in [1.29, 1.82) is 0 Å². The van der Waals surface area contributed by atoms with Crippen molar-refractivity contribution in [3.05, 3.63) is 58.1 Å². The number of anilines is 1. The molecule has 2 rings (SSSR count). The second-order valence-corrected chi connectivity index (χ2v) is 7.89. The summed E-state index contributed by atoms with van der Waals surface area (Å²) in [6.07, 6.45) is 0.804. The van der Waals surface area contributed by atoms with Crippen LogP contribution in [-0.2, 0) is 10.0 Å². The first-order chi connectivity index (χ1) is 11.7. The van der Waals surface area contributed by atoms with E-state index < -0.39 is 10.0 Å². The Labute approximate surface area is 153 Å². The second kappa shape index (κ2) is 7.89. The first kappa shape index (κ1) is 19.3. The highest BCUT2D eigenvalue weighted by molar-refractivity contribution is 7.92. The largest absolute Gasteiger partial charge is 0.352 e. The number of sulfonamides is 1. The fourth-order valence-corrected chi connectivity index (χ4v) is 3.47. The van der Waals surface area contributed by atoms with Gasteiger partial charge in [0.25, 0.3) is 15.9 Å². The summed E-state index contributed by atoms with van der Waals surface area (Å²) in [7, 11) is -3.82. The molecule has 0 atom stereocenters. The third kappa shape index (κ3) is 4.74. The Kier molecular flexibility index (Phi) is 6.08. The molecule has 2 aromatic carbocycles. The summed E-state index contributed by atoms with van der Waals surface area (Å²) in [5.41, 5.74) is 2.28. The minimum absolute atomic E-state index is 0.0245. The zero-order chi connectivity index (χ0) is 18.6. The molecule has 0 radical (unpaired) electrons. The van der Waals surface area contributed by atoms with Crippen LogP contribution < -0.4 is 10.0 Å². The lowest BCUT2D eigenvalue weighted by atomic mass is 10.1. The molecule has 0 aliphatic carbocycles. The molecule has 0 aliphatic heterocycles. The highest BCUT2D eigenvalue weighted by atomic mass is 35.5. The Hall–Kier alpha value is -2.05. The SMILES string of the molecule is CCCNC(=O)c1cc(S(=O)(=O)Nc2ccc(C)c(Cl)c2)ccc1C. The van der Waals surface area contributed by atoms with Crippen molar-refractivity contribution in [2.24, 2.45) is 0 Å². The average Bonchev–Trinajstić information content (AvgIpc) is 2.56. The van der Waals surface area contributed by atoms with E-state index in [0.717, 1.165) is 12.0 Å². The molecule has 0 saturated heterocycles. The van der Waals surface area contributed by atoms with E-state index in [-0.39, 0.29) is 10.8 Å².